The lowest BCUT2D eigenvalue weighted by Crippen LogP contribution is -2.39. The summed E-state index contributed by atoms with van der Waals surface area (Å²) in [4.78, 5) is 0. The van der Waals surface area contributed by atoms with Gasteiger partial charge in [-0.15, -0.1) is 0 Å². The highest BCUT2D eigenvalue weighted by molar-refractivity contribution is 6.06. The summed E-state index contributed by atoms with van der Waals surface area (Å²) in [6.45, 7) is 0. The van der Waals surface area contributed by atoms with E-state index in [0.29, 0.717) is 0 Å². The van der Waals surface area contributed by atoms with Gasteiger partial charge in [0.25, 0.3) is 0 Å². The molecule has 0 amide bonds. The van der Waals surface area contributed by atoms with Gasteiger partial charge >= 0.3 is 0 Å². The lowest BCUT2D eigenvalue weighted by molar-refractivity contribution is 0.443. The fraction of sp³-hybridized carbons (Fsp3) is 0.123. The van der Waals surface area contributed by atoms with Crippen LogP contribution in [0.5, 0.6) is 0 Å². The molecule has 11 rings (SSSR count). The van der Waals surface area contributed by atoms with Crippen molar-refractivity contribution >= 4 is 22.0 Å². The Hall–Kier alpha value is -6.74. The second-order valence-electron chi connectivity index (χ2n) is 16.3. The maximum Gasteiger partial charge on any atom is 0.104 e. The first-order valence-corrected chi connectivity index (χ1v) is 21.2. The number of hydrogen-bond acceptors (Lipinski definition) is 2. The quantitative estimate of drug-likeness (QED) is 0.169. The van der Waals surface area contributed by atoms with E-state index in [9.17, 15) is 0 Å². The van der Waals surface area contributed by atoms with E-state index in [0.717, 1.165) is 31.4 Å². The van der Waals surface area contributed by atoms with Crippen molar-refractivity contribution in [2.24, 2.45) is 0 Å². The first kappa shape index (κ1) is 35.4. The van der Waals surface area contributed by atoms with Crippen LogP contribution in [0.4, 0.5) is 0 Å². The molecule has 0 saturated heterocycles. The van der Waals surface area contributed by atoms with Crippen LogP contribution in [0.1, 0.15) is 76.8 Å². The third-order valence-electron chi connectivity index (χ3n) is 12.9. The maximum absolute atomic E-state index is 3.89. The van der Waals surface area contributed by atoms with Crippen LogP contribution in [0.15, 0.2) is 212 Å². The van der Waals surface area contributed by atoms with Crippen molar-refractivity contribution in [3.63, 3.8) is 0 Å². The Balaban J connectivity index is 1.07. The molecule has 2 nitrogen and oxygen atoms in total. The van der Waals surface area contributed by atoms with Crippen LogP contribution < -0.4 is 10.6 Å². The van der Waals surface area contributed by atoms with Crippen LogP contribution in [0, 0.1) is 0 Å². The average Bonchev–Trinajstić information content (AvgIpc) is 3.64. The summed E-state index contributed by atoms with van der Waals surface area (Å²) in [5.41, 5.74) is 17.7. The molecule has 1 aliphatic heterocycles. The number of hydrogen-bond donors (Lipinski definition) is 2. The normalized spacial score (nSPS) is 20.6. The zero-order chi connectivity index (χ0) is 39.2. The van der Waals surface area contributed by atoms with E-state index >= 15 is 0 Å². The highest BCUT2D eigenvalue weighted by Gasteiger charge is 2.49. The molecule has 0 aromatic heterocycles. The van der Waals surface area contributed by atoms with E-state index in [4.69, 9.17) is 0 Å². The predicted molar refractivity (Wildman–Crippen MR) is 247 cm³/mol. The molecular formula is C57H46N2. The molecule has 0 fully saturated rings. The maximum atomic E-state index is 3.89. The largest absolute Gasteiger partial charge is 0.366 e. The Labute approximate surface area is 347 Å². The molecule has 59 heavy (non-hydrogen) atoms. The Morgan fingerprint density at radius 1 is 0.576 bits per heavy atom. The van der Waals surface area contributed by atoms with Crippen LogP contribution in [-0.2, 0) is 5.41 Å². The van der Waals surface area contributed by atoms with E-state index in [2.05, 4.69) is 217 Å². The van der Waals surface area contributed by atoms with E-state index in [1.165, 1.54) is 83.1 Å². The number of fused-ring (bicyclic) bond motifs is 5. The third-order valence-corrected chi connectivity index (χ3v) is 12.9. The van der Waals surface area contributed by atoms with Crippen molar-refractivity contribution in [3.05, 3.63) is 251 Å². The molecule has 3 unspecified atom stereocenters. The van der Waals surface area contributed by atoms with E-state index in [-0.39, 0.29) is 12.2 Å². The number of nitrogens with one attached hydrogen (secondary N) is 2. The Kier molecular flexibility index (Phi) is 8.94. The Bertz CT molecular complexity index is 2860. The molecule has 2 heteroatoms. The van der Waals surface area contributed by atoms with Gasteiger partial charge in [-0.25, -0.2) is 0 Å². The van der Waals surface area contributed by atoms with Gasteiger partial charge in [-0.05, 0) is 121 Å². The molecule has 7 aromatic rings. The molecule has 7 aromatic carbocycles. The molecule has 0 spiro atoms. The number of rotatable bonds is 7. The fourth-order valence-corrected chi connectivity index (χ4v) is 10.2. The van der Waals surface area contributed by atoms with Crippen LogP contribution in [0.3, 0.4) is 0 Å². The summed E-state index contributed by atoms with van der Waals surface area (Å²) in [6, 6.07) is 60.9. The zero-order valence-electron chi connectivity index (χ0n) is 33.1. The van der Waals surface area contributed by atoms with Gasteiger partial charge in [0.1, 0.15) is 6.17 Å². The van der Waals surface area contributed by atoms with Crippen molar-refractivity contribution < 1.29 is 0 Å². The van der Waals surface area contributed by atoms with Gasteiger partial charge in [-0.3, -0.25) is 5.32 Å². The smallest absolute Gasteiger partial charge is 0.104 e. The highest BCUT2D eigenvalue weighted by Crippen LogP contribution is 2.61. The van der Waals surface area contributed by atoms with Crippen LogP contribution in [-0.4, -0.2) is 0 Å². The Morgan fingerprint density at radius 3 is 2.08 bits per heavy atom. The van der Waals surface area contributed by atoms with Gasteiger partial charge in [0.2, 0.25) is 0 Å². The molecule has 3 aliphatic carbocycles. The van der Waals surface area contributed by atoms with Gasteiger partial charge in [-0.1, -0.05) is 194 Å². The summed E-state index contributed by atoms with van der Waals surface area (Å²) in [5, 5.41) is 10.3. The lowest BCUT2D eigenvalue weighted by Gasteiger charge is -2.37. The minimum Gasteiger partial charge on any atom is -0.366 e. The average molecular weight is 759 g/mol. The second-order valence-corrected chi connectivity index (χ2v) is 16.3. The molecule has 284 valence electrons. The van der Waals surface area contributed by atoms with Crippen molar-refractivity contribution in [3.8, 4) is 22.3 Å². The molecule has 3 atom stereocenters. The van der Waals surface area contributed by atoms with Gasteiger partial charge in [0, 0.05) is 5.70 Å². The minimum atomic E-state index is -0.455. The van der Waals surface area contributed by atoms with Gasteiger partial charge in [0.15, 0.2) is 0 Å². The van der Waals surface area contributed by atoms with E-state index < -0.39 is 5.41 Å². The molecule has 2 N–H and O–H groups in total. The molecule has 0 bridgehead atoms. The lowest BCUT2D eigenvalue weighted by atomic mass is 9.64. The zero-order valence-corrected chi connectivity index (χ0v) is 33.1. The van der Waals surface area contributed by atoms with Gasteiger partial charge in [-0.2, -0.15) is 0 Å². The van der Waals surface area contributed by atoms with Gasteiger partial charge in [0.05, 0.1) is 11.5 Å². The first-order chi connectivity index (χ1) is 29.3. The van der Waals surface area contributed by atoms with E-state index in [1.807, 2.05) is 0 Å². The SMILES string of the molecule is C1=CCCC(C2(c3ccccc3)c3cc(-c4ccc(C5NC(c6ccccc6)=CC(c6ccccc6)N5)cc4)ccc3-c3c(C4=CCCC=C4)cc4ccccc4c32)=C1. The summed E-state index contributed by atoms with van der Waals surface area (Å²) < 4.78 is 0. The summed E-state index contributed by atoms with van der Waals surface area (Å²) in [6.07, 6.45) is 20.6. The van der Waals surface area contributed by atoms with Crippen LogP contribution >= 0.6 is 0 Å². The highest BCUT2D eigenvalue weighted by atomic mass is 15.2. The minimum absolute atomic E-state index is 0.0594. The Morgan fingerprint density at radius 2 is 1.32 bits per heavy atom. The van der Waals surface area contributed by atoms with Crippen molar-refractivity contribution in [2.75, 3.05) is 0 Å². The molecule has 4 aliphatic rings. The van der Waals surface area contributed by atoms with Gasteiger partial charge < -0.3 is 5.32 Å². The predicted octanol–water partition coefficient (Wildman–Crippen LogP) is 13.8. The summed E-state index contributed by atoms with van der Waals surface area (Å²) in [5.74, 6) is 0. The molecule has 1 heterocycles. The van der Waals surface area contributed by atoms with Crippen molar-refractivity contribution in [1.82, 2.24) is 10.6 Å². The number of benzene rings is 7. The number of allylic oxidation sites excluding steroid dienone is 8. The molecule has 0 radical (unpaired) electrons. The van der Waals surface area contributed by atoms with Crippen LogP contribution in [0.25, 0.3) is 44.3 Å². The van der Waals surface area contributed by atoms with Crippen molar-refractivity contribution in [1.29, 1.82) is 0 Å². The third kappa shape index (κ3) is 6.06. The monoisotopic (exact) mass is 758 g/mol. The first-order valence-electron chi connectivity index (χ1n) is 21.2. The van der Waals surface area contributed by atoms with Crippen molar-refractivity contribution in [2.45, 2.75) is 43.3 Å². The molecule has 0 saturated carbocycles. The van der Waals surface area contributed by atoms with Crippen LogP contribution in [0.2, 0.25) is 0 Å². The topological polar surface area (TPSA) is 24.1 Å². The fourth-order valence-electron chi connectivity index (χ4n) is 10.2. The molecular weight excluding hydrogens is 713 g/mol. The summed E-state index contributed by atoms with van der Waals surface area (Å²) >= 11 is 0. The standard InChI is InChI=1S/C57H46N2/c1-6-18-40(19-7-1)50-36-45-24-16-17-29-48(45)55-54(50)49-35-34-44(37-51(49)57(55,46-25-12-4-13-26-46)47-27-14-5-15-28-47)39-30-32-43(33-31-39)56-58-52(41-20-8-2-9-21-41)38-53(59-56)42-22-10-3-11-23-42/h2-6,8-14,16-27,29-38,52,56,58-59H,1,7,15,28H2. The van der Waals surface area contributed by atoms with E-state index in [1.54, 1.807) is 0 Å². The summed E-state index contributed by atoms with van der Waals surface area (Å²) in [7, 11) is 0. The second kappa shape index (κ2) is 14.9.